The summed E-state index contributed by atoms with van der Waals surface area (Å²) < 4.78 is 11.2. The lowest BCUT2D eigenvalue weighted by Gasteiger charge is -2.41. The number of amides is 2. The molecule has 2 saturated heterocycles. The average Bonchev–Trinajstić information content (AvgIpc) is 3.62. The summed E-state index contributed by atoms with van der Waals surface area (Å²) in [6.07, 6.45) is 5.12. The molecule has 33 heavy (non-hydrogen) atoms. The van der Waals surface area contributed by atoms with Crippen molar-refractivity contribution in [2.75, 3.05) is 46.4 Å². The average molecular weight is 461 g/mol. The number of nitrogens with one attached hydrogen (secondary N) is 1. The van der Waals surface area contributed by atoms with Gasteiger partial charge in [-0.15, -0.1) is 0 Å². The van der Waals surface area contributed by atoms with Crippen LogP contribution in [0.25, 0.3) is 0 Å². The van der Waals surface area contributed by atoms with Crippen LogP contribution in [-0.4, -0.2) is 79.9 Å². The third-order valence-electron chi connectivity index (χ3n) is 8.93. The molecule has 2 amide bonds. The van der Waals surface area contributed by atoms with Gasteiger partial charge in [0.1, 0.15) is 5.54 Å². The molecule has 1 spiro atoms. The molecule has 1 N–H and O–H groups in total. The number of piperidine rings is 1. The lowest BCUT2D eigenvalue weighted by molar-refractivity contribution is -0.133. The van der Waals surface area contributed by atoms with E-state index < -0.39 is 17.7 Å². The molecular formula is C25H40N4O4. The highest BCUT2D eigenvalue weighted by Gasteiger charge is 2.54. The van der Waals surface area contributed by atoms with Crippen LogP contribution in [0, 0.1) is 34.5 Å². The summed E-state index contributed by atoms with van der Waals surface area (Å²) in [6, 6.07) is 2.35. The molecule has 4 fully saturated rings. The van der Waals surface area contributed by atoms with Crippen LogP contribution in [0.1, 0.15) is 58.8 Å². The van der Waals surface area contributed by atoms with Gasteiger partial charge in [-0.3, -0.25) is 4.79 Å². The van der Waals surface area contributed by atoms with Gasteiger partial charge in [-0.2, -0.15) is 5.26 Å². The standard InChI is InChI=1S/C25H40N4O4/c1-18-14-20(15-19(2)25(18)4-5-25)16-21(33-23(31)29-10-12-32-13-11-29)22(30)27-24(17-26)6-8-28(3)9-7-24/h18-21H,4-16H2,1-3H3,(H,27,30)/t18?,19?,20?,21-/m0/s1. The Balaban J connectivity index is 1.45. The third kappa shape index (κ3) is 5.30. The van der Waals surface area contributed by atoms with Crippen molar-refractivity contribution in [2.45, 2.75) is 70.4 Å². The second kappa shape index (κ2) is 9.79. The van der Waals surface area contributed by atoms with Crippen LogP contribution < -0.4 is 5.32 Å². The highest BCUT2D eigenvalue weighted by atomic mass is 16.6. The van der Waals surface area contributed by atoms with Crippen LogP contribution in [0.3, 0.4) is 0 Å². The lowest BCUT2D eigenvalue weighted by Crippen LogP contribution is -2.57. The first-order valence-electron chi connectivity index (χ1n) is 12.7. The number of ether oxygens (including phenoxy) is 2. The van der Waals surface area contributed by atoms with Crippen LogP contribution >= 0.6 is 0 Å². The Hall–Kier alpha value is -1.85. The van der Waals surface area contributed by atoms with Crippen LogP contribution in [0.5, 0.6) is 0 Å². The van der Waals surface area contributed by atoms with E-state index in [1.54, 1.807) is 4.90 Å². The van der Waals surface area contributed by atoms with Crippen molar-refractivity contribution in [3.8, 4) is 6.07 Å². The Morgan fingerprint density at radius 3 is 2.24 bits per heavy atom. The smallest absolute Gasteiger partial charge is 0.410 e. The van der Waals surface area contributed by atoms with E-state index in [0.717, 1.165) is 25.9 Å². The van der Waals surface area contributed by atoms with E-state index in [2.05, 4.69) is 30.1 Å². The number of rotatable bonds is 5. The molecule has 0 aromatic heterocycles. The molecule has 8 heteroatoms. The summed E-state index contributed by atoms with van der Waals surface area (Å²) in [4.78, 5) is 30.1. The first kappa shape index (κ1) is 24.3. The van der Waals surface area contributed by atoms with Crippen molar-refractivity contribution in [1.82, 2.24) is 15.1 Å². The lowest BCUT2D eigenvalue weighted by atomic mass is 9.65. The summed E-state index contributed by atoms with van der Waals surface area (Å²) in [6.45, 7) is 8.11. The summed E-state index contributed by atoms with van der Waals surface area (Å²) >= 11 is 0. The number of carbonyl (C=O) groups is 2. The quantitative estimate of drug-likeness (QED) is 0.678. The minimum atomic E-state index is -0.890. The van der Waals surface area contributed by atoms with E-state index in [9.17, 15) is 14.9 Å². The predicted octanol–water partition coefficient (Wildman–Crippen LogP) is 2.78. The molecule has 2 aliphatic carbocycles. The number of likely N-dealkylation sites (tertiary alicyclic amines) is 1. The highest BCUT2D eigenvalue weighted by molar-refractivity contribution is 5.84. The predicted molar refractivity (Wildman–Crippen MR) is 123 cm³/mol. The van der Waals surface area contributed by atoms with Crippen LogP contribution in [0.15, 0.2) is 0 Å². The Morgan fingerprint density at radius 2 is 1.70 bits per heavy atom. The van der Waals surface area contributed by atoms with Crippen molar-refractivity contribution >= 4 is 12.0 Å². The van der Waals surface area contributed by atoms with E-state index in [4.69, 9.17) is 9.47 Å². The summed E-state index contributed by atoms with van der Waals surface area (Å²) in [5.74, 6) is 1.27. The number of morpholine rings is 1. The third-order valence-corrected chi connectivity index (χ3v) is 8.93. The number of nitriles is 1. The summed E-state index contributed by atoms with van der Waals surface area (Å²) in [5, 5.41) is 12.9. The molecular weight excluding hydrogens is 420 g/mol. The fourth-order valence-corrected chi connectivity index (χ4v) is 6.41. The largest absolute Gasteiger partial charge is 0.436 e. The molecule has 4 rings (SSSR count). The molecule has 2 saturated carbocycles. The van der Waals surface area contributed by atoms with Crippen molar-refractivity contribution in [3.63, 3.8) is 0 Å². The molecule has 3 atom stereocenters. The molecule has 2 heterocycles. The van der Waals surface area contributed by atoms with Crippen LogP contribution in [0.2, 0.25) is 0 Å². The van der Waals surface area contributed by atoms with Gasteiger partial charge >= 0.3 is 6.09 Å². The zero-order valence-electron chi connectivity index (χ0n) is 20.5. The first-order valence-corrected chi connectivity index (χ1v) is 12.7. The number of nitrogens with zero attached hydrogens (tertiary/aromatic N) is 3. The maximum atomic E-state index is 13.5. The monoisotopic (exact) mass is 460 g/mol. The van der Waals surface area contributed by atoms with Crippen LogP contribution in [-0.2, 0) is 14.3 Å². The molecule has 4 aliphatic rings. The van der Waals surface area contributed by atoms with Crippen LogP contribution in [0.4, 0.5) is 4.79 Å². The zero-order chi connectivity index (χ0) is 23.6. The van der Waals surface area contributed by atoms with Crippen molar-refractivity contribution < 1.29 is 19.1 Å². The summed E-state index contributed by atoms with van der Waals surface area (Å²) in [5.41, 5.74) is -0.393. The Bertz CT molecular complexity index is 749. The van der Waals surface area contributed by atoms with Crippen molar-refractivity contribution in [1.29, 1.82) is 5.26 Å². The molecule has 0 bridgehead atoms. The van der Waals surface area contributed by atoms with Gasteiger partial charge in [-0.1, -0.05) is 13.8 Å². The van der Waals surface area contributed by atoms with Gasteiger partial charge < -0.3 is 24.6 Å². The van der Waals surface area contributed by atoms with Gasteiger partial charge in [0.25, 0.3) is 5.91 Å². The Labute approximate surface area is 197 Å². The minimum absolute atomic E-state index is 0.324. The van der Waals surface area contributed by atoms with E-state index in [1.165, 1.54) is 12.8 Å². The fraction of sp³-hybridized carbons (Fsp3) is 0.880. The van der Waals surface area contributed by atoms with Gasteiger partial charge in [-0.05, 0) is 75.2 Å². The topological polar surface area (TPSA) is 94.9 Å². The highest BCUT2D eigenvalue weighted by Crippen LogP contribution is 2.63. The molecule has 2 aliphatic heterocycles. The normalized spacial score (nSPS) is 31.9. The van der Waals surface area contributed by atoms with E-state index in [-0.39, 0.29) is 5.91 Å². The molecule has 8 nitrogen and oxygen atoms in total. The Kier molecular flexibility index (Phi) is 7.20. The SMILES string of the molecule is CC1CC(C[C@H](OC(=O)N2CCOCC2)C(=O)NC2(C#N)CCN(C)CC2)CC(C)C12CC2. The van der Waals surface area contributed by atoms with E-state index in [0.29, 0.717) is 68.7 Å². The second-order valence-electron chi connectivity index (χ2n) is 11.1. The number of hydrogen-bond donors (Lipinski definition) is 1. The summed E-state index contributed by atoms with van der Waals surface area (Å²) in [7, 11) is 2.02. The molecule has 0 aromatic rings. The van der Waals surface area contributed by atoms with Gasteiger partial charge in [0.2, 0.25) is 0 Å². The maximum absolute atomic E-state index is 13.5. The number of carbonyl (C=O) groups excluding carboxylic acids is 2. The Morgan fingerprint density at radius 1 is 1.09 bits per heavy atom. The maximum Gasteiger partial charge on any atom is 0.410 e. The molecule has 0 aromatic carbocycles. The van der Waals surface area contributed by atoms with E-state index in [1.807, 2.05) is 7.05 Å². The number of hydrogen-bond acceptors (Lipinski definition) is 6. The van der Waals surface area contributed by atoms with Gasteiger partial charge in [-0.25, -0.2) is 4.79 Å². The van der Waals surface area contributed by atoms with Gasteiger partial charge in [0.05, 0.1) is 19.3 Å². The second-order valence-corrected chi connectivity index (χ2v) is 11.1. The molecule has 0 radical (unpaired) electrons. The fourth-order valence-electron chi connectivity index (χ4n) is 6.41. The molecule has 184 valence electrons. The van der Waals surface area contributed by atoms with E-state index >= 15 is 0 Å². The zero-order valence-corrected chi connectivity index (χ0v) is 20.5. The van der Waals surface area contributed by atoms with Crippen molar-refractivity contribution in [3.05, 3.63) is 0 Å². The van der Waals surface area contributed by atoms with Gasteiger partial charge in [0, 0.05) is 26.2 Å². The molecule has 2 unspecified atom stereocenters. The minimum Gasteiger partial charge on any atom is -0.436 e. The first-order chi connectivity index (χ1) is 15.8. The van der Waals surface area contributed by atoms with Crippen molar-refractivity contribution in [2.24, 2.45) is 23.2 Å². The van der Waals surface area contributed by atoms with Gasteiger partial charge in [0.15, 0.2) is 6.10 Å².